The lowest BCUT2D eigenvalue weighted by Crippen LogP contribution is -2.20. The van der Waals surface area contributed by atoms with Gasteiger partial charge in [-0.15, -0.1) is 0 Å². The predicted molar refractivity (Wildman–Crippen MR) is 57.8 cm³/mol. The zero-order valence-corrected chi connectivity index (χ0v) is 8.84. The zero-order chi connectivity index (χ0) is 9.97. The third-order valence-electron chi connectivity index (χ3n) is 2.81. The standard InChI is InChI=1S/C12H17NO/c1-9-4-3-5-12-11(9)8-10(14-12)6-7-13-2/h3-5,10,13H,6-8H2,1-2H3. The van der Waals surface area contributed by atoms with Gasteiger partial charge in [0.2, 0.25) is 0 Å². The summed E-state index contributed by atoms with van der Waals surface area (Å²) in [5, 5.41) is 3.16. The molecule has 2 rings (SSSR count). The second kappa shape index (κ2) is 4.01. The van der Waals surface area contributed by atoms with Crippen LogP contribution in [0.4, 0.5) is 0 Å². The van der Waals surface area contributed by atoms with E-state index in [0.29, 0.717) is 6.10 Å². The van der Waals surface area contributed by atoms with Crippen molar-refractivity contribution in [1.82, 2.24) is 5.32 Å². The Hall–Kier alpha value is -1.02. The molecule has 2 nitrogen and oxygen atoms in total. The summed E-state index contributed by atoms with van der Waals surface area (Å²) in [6.45, 7) is 3.18. The van der Waals surface area contributed by atoms with E-state index >= 15 is 0 Å². The lowest BCUT2D eigenvalue weighted by molar-refractivity contribution is 0.221. The van der Waals surface area contributed by atoms with Crippen molar-refractivity contribution in [3.8, 4) is 5.75 Å². The molecule has 14 heavy (non-hydrogen) atoms. The number of ether oxygens (including phenoxy) is 1. The number of hydrogen-bond donors (Lipinski definition) is 1. The molecule has 0 amide bonds. The summed E-state index contributed by atoms with van der Waals surface area (Å²) in [5.41, 5.74) is 2.75. The van der Waals surface area contributed by atoms with E-state index in [-0.39, 0.29) is 0 Å². The van der Waals surface area contributed by atoms with E-state index in [2.05, 4.69) is 30.4 Å². The van der Waals surface area contributed by atoms with E-state index in [1.807, 2.05) is 7.05 Å². The molecule has 0 aliphatic carbocycles. The van der Waals surface area contributed by atoms with Gasteiger partial charge in [0.25, 0.3) is 0 Å². The smallest absolute Gasteiger partial charge is 0.123 e. The molecule has 1 atom stereocenters. The molecule has 1 aliphatic heterocycles. The molecule has 1 aromatic rings. The highest BCUT2D eigenvalue weighted by Gasteiger charge is 2.23. The van der Waals surface area contributed by atoms with E-state index in [1.54, 1.807) is 0 Å². The van der Waals surface area contributed by atoms with E-state index in [9.17, 15) is 0 Å². The minimum atomic E-state index is 0.374. The number of nitrogens with one attached hydrogen (secondary N) is 1. The maximum absolute atomic E-state index is 5.85. The second-order valence-corrected chi connectivity index (χ2v) is 3.89. The quantitative estimate of drug-likeness (QED) is 0.788. The van der Waals surface area contributed by atoms with Gasteiger partial charge in [0.1, 0.15) is 11.9 Å². The fourth-order valence-corrected chi connectivity index (χ4v) is 1.96. The fourth-order valence-electron chi connectivity index (χ4n) is 1.96. The van der Waals surface area contributed by atoms with E-state index < -0.39 is 0 Å². The van der Waals surface area contributed by atoms with Gasteiger partial charge in [0.05, 0.1) is 0 Å². The topological polar surface area (TPSA) is 21.3 Å². The minimum absolute atomic E-state index is 0.374. The summed E-state index contributed by atoms with van der Waals surface area (Å²) >= 11 is 0. The third kappa shape index (κ3) is 1.75. The van der Waals surface area contributed by atoms with Crippen LogP contribution in [0.2, 0.25) is 0 Å². The van der Waals surface area contributed by atoms with Gasteiger partial charge in [-0.2, -0.15) is 0 Å². The van der Waals surface area contributed by atoms with Crippen molar-refractivity contribution in [3.05, 3.63) is 29.3 Å². The first-order valence-corrected chi connectivity index (χ1v) is 5.21. The number of rotatable bonds is 3. The highest BCUT2D eigenvalue weighted by atomic mass is 16.5. The maximum Gasteiger partial charge on any atom is 0.123 e. The Morgan fingerprint density at radius 1 is 1.50 bits per heavy atom. The predicted octanol–water partition coefficient (Wildman–Crippen LogP) is 1.91. The van der Waals surface area contributed by atoms with Crippen LogP contribution in [0.1, 0.15) is 17.5 Å². The molecular weight excluding hydrogens is 174 g/mol. The maximum atomic E-state index is 5.85. The van der Waals surface area contributed by atoms with Crippen LogP contribution in [-0.4, -0.2) is 19.7 Å². The molecule has 0 bridgehead atoms. The molecule has 2 heteroatoms. The van der Waals surface area contributed by atoms with Crippen LogP contribution >= 0.6 is 0 Å². The van der Waals surface area contributed by atoms with Crippen molar-refractivity contribution >= 4 is 0 Å². The number of hydrogen-bond acceptors (Lipinski definition) is 2. The van der Waals surface area contributed by atoms with Crippen LogP contribution in [-0.2, 0) is 6.42 Å². The first-order valence-electron chi connectivity index (χ1n) is 5.21. The van der Waals surface area contributed by atoms with Crippen molar-refractivity contribution in [2.45, 2.75) is 25.9 Å². The monoisotopic (exact) mass is 191 g/mol. The van der Waals surface area contributed by atoms with Crippen molar-refractivity contribution in [1.29, 1.82) is 0 Å². The van der Waals surface area contributed by atoms with Gasteiger partial charge in [0.15, 0.2) is 0 Å². The summed E-state index contributed by atoms with van der Waals surface area (Å²) in [6.07, 6.45) is 2.53. The normalized spacial score (nSPS) is 19.1. The van der Waals surface area contributed by atoms with Gasteiger partial charge in [-0.05, 0) is 38.6 Å². The van der Waals surface area contributed by atoms with Crippen molar-refractivity contribution in [2.24, 2.45) is 0 Å². The van der Waals surface area contributed by atoms with E-state index in [4.69, 9.17) is 4.74 Å². The molecule has 1 aliphatic rings. The molecule has 0 saturated carbocycles. The highest BCUT2D eigenvalue weighted by Crippen LogP contribution is 2.31. The fraction of sp³-hybridized carbons (Fsp3) is 0.500. The molecule has 0 aromatic heterocycles. The SMILES string of the molecule is CNCCC1Cc2c(C)cccc2O1. The molecule has 0 fully saturated rings. The van der Waals surface area contributed by atoms with Gasteiger partial charge in [-0.3, -0.25) is 0 Å². The number of benzene rings is 1. The molecule has 1 N–H and O–H groups in total. The molecule has 76 valence electrons. The summed E-state index contributed by atoms with van der Waals surface area (Å²) < 4.78 is 5.85. The zero-order valence-electron chi connectivity index (χ0n) is 8.84. The van der Waals surface area contributed by atoms with Crippen LogP contribution in [0.5, 0.6) is 5.75 Å². The summed E-state index contributed by atoms with van der Waals surface area (Å²) in [5.74, 6) is 1.09. The molecule has 0 saturated heterocycles. The lowest BCUT2D eigenvalue weighted by Gasteiger charge is -2.09. The van der Waals surface area contributed by atoms with Crippen molar-refractivity contribution < 1.29 is 4.74 Å². The Morgan fingerprint density at radius 3 is 3.07 bits per heavy atom. The van der Waals surface area contributed by atoms with E-state index in [1.165, 1.54) is 11.1 Å². The molecule has 1 unspecified atom stereocenters. The van der Waals surface area contributed by atoms with Crippen LogP contribution in [0.25, 0.3) is 0 Å². The molecule has 1 aromatic carbocycles. The Kier molecular flexibility index (Phi) is 2.73. The van der Waals surface area contributed by atoms with Crippen LogP contribution in [0.3, 0.4) is 0 Å². The Balaban J connectivity index is 2.06. The van der Waals surface area contributed by atoms with Gasteiger partial charge in [0, 0.05) is 12.0 Å². The highest BCUT2D eigenvalue weighted by molar-refractivity contribution is 5.42. The molecule has 0 radical (unpaired) electrons. The first kappa shape index (κ1) is 9.53. The Bertz CT molecular complexity index is 322. The van der Waals surface area contributed by atoms with Gasteiger partial charge < -0.3 is 10.1 Å². The van der Waals surface area contributed by atoms with E-state index in [0.717, 1.165) is 25.1 Å². The van der Waals surface area contributed by atoms with Crippen LogP contribution in [0.15, 0.2) is 18.2 Å². The Labute approximate surface area is 85.3 Å². The summed E-state index contributed by atoms with van der Waals surface area (Å²) in [6, 6.07) is 6.29. The summed E-state index contributed by atoms with van der Waals surface area (Å²) in [7, 11) is 1.98. The second-order valence-electron chi connectivity index (χ2n) is 3.89. The molecule has 1 heterocycles. The largest absolute Gasteiger partial charge is 0.490 e. The number of fused-ring (bicyclic) bond motifs is 1. The van der Waals surface area contributed by atoms with Crippen molar-refractivity contribution in [2.75, 3.05) is 13.6 Å². The minimum Gasteiger partial charge on any atom is -0.490 e. The third-order valence-corrected chi connectivity index (χ3v) is 2.81. The summed E-state index contributed by atoms with van der Waals surface area (Å²) in [4.78, 5) is 0. The average Bonchev–Trinajstić information content (AvgIpc) is 2.59. The van der Waals surface area contributed by atoms with Crippen LogP contribution in [0, 0.1) is 6.92 Å². The Morgan fingerprint density at radius 2 is 2.36 bits per heavy atom. The van der Waals surface area contributed by atoms with Gasteiger partial charge in [-0.25, -0.2) is 0 Å². The molecule has 0 spiro atoms. The van der Waals surface area contributed by atoms with Gasteiger partial charge in [-0.1, -0.05) is 12.1 Å². The number of aryl methyl sites for hydroxylation is 1. The van der Waals surface area contributed by atoms with Gasteiger partial charge >= 0.3 is 0 Å². The van der Waals surface area contributed by atoms with Crippen LogP contribution < -0.4 is 10.1 Å². The molecular formula is C12H17NO. The first-order chi connectivity index (χ1) is 6.81. The lowest BCUT2D eigenvalue weighted by atomic mass is 10.0. The van der Waals surface area contributed by atoms with Crippen molar-refractivity contribution in [3.63, 3.8) is 0 Å². The average molecular weight is 191 g/mol.